The quantitative estimate of drug-likeness (QED) is 0.444. The number of hydrogen-bond acceptors (Lipinski definition) is 4. The highest BCUT2D eigenvalue weighted by molar-refractivity contribution is 7.99. The fraction of sp³-hybridized carbons (Fsp3) is 0.167. The van der Waals surface area contributed by atoms with Crippen LogP contribution >= 0.6 is 23.4 Å². The van der Waals surface area contributed by atoms with E-state index in [9.17, 15) is 22.8 Å². The fourth-order valence-corrected chi connectivity index (χ4v) is 3.53. The molecule has 1 aromatic heterocycles. The topological polar surface area (TPSA) is 79.0 Å². The van der Waals surface area contributed by atoms with Gasteiger partial charge in [-0.25, -0.2) is 4.79 Å². The molecule has 11 heteroatoms. The number of thioether (sulfide) groups is 1. The van der Waals surface area contributed by atoms with Crippen molar-refractivity contribution in [2.75, 3.05) is 11.1 Å². The van der Waals surface area contributed by atoms with E-state index in [1.54, 1.807) is 24.3 Å². The third kappa shape index (κ3) is 5.21. The maximum absolute atomic E-state index is 13.1. The van der Waals surface area contributed by atoms with Crippen LogP contribution < -0.4 is 15.6 Å². The lowest BCUT2D eigenvalue weighted by atomic mass is 10.1. The average Bonchev–Trinajstić information content (AvgIpc) is 3.04. The number of rotatable bonds is 6. The highest BCUT2D eigenvalue weighted by atomic mass is 35.5. The molecule has 0 bridgehead atoms. The van der Waals surface area contributed by atoms with Crippen LogP contribution in [0.4, 0.5) is 18.9 Å². The van der Waals surface area contributed by atoms with E-state index in [0.717, 1.165) is 23.9 Å². The molecule has 1 heterocycles. The van der Waals surface area contributed by atoms with Gasteiger partial charge in [-0.1, -0.05) is 29.8 Å². The van der Waals surface area contributed by atoms with Crippen LogP contribution in [-0.2, 0) is 11.0 Å². The van der Waals surface area contributed by atoms with Crippen LogP contribution in [0.1, 0.15) is 12.0 Å². The van der Waals surface area contributed by atoms with Crippen LogP contribution in [0.3, 0.4) is 0 Å². The van der Waals surface area contributed by atoms with Gasteiger partial charge in [-0.3, -0.25) is 9.32 Å². The van der Waals surface area contributed by atoms with Gasteiger partial charge in [-0.15, -0.1) is 0 Å². The number of alkyl halides is 3. The molecule has 0 fully saturated rings. The molecule has 0 saturated carbocycles. The summed E-state index contributed by atoms with van der Waals surface area (Å²) in [5.74, 6) is -0.479. The maximum Gasteiger partial charge on any atom is 0.442 e. The summed E-state index contributed by atoms with van der Waals surface area (Å²) in [5, 5.41) is 4.83. The number of para-hydroxylation sites is 1. The minimum atomic E-state index is -4.66. The Bertz CT molecular complexity index is 1070. The Morgan fingerprint density at radius 3 is 2.62 bits per heavy atom. The molecule has 0 aliphatic heterocycles. The smallest absolute Gasteiger partial charge is 0.325 e. The van der Waals surface area contributed by atoms with Crippen molar-refractivity contribution >= 4 is 35.0 Å². The second-order valence-electron chi connectivity index (χ2n) is 5.79. The van der Waals surface area contributed by atoms with E-state index in [4.69, 9.17) is 16.1 Å². The molecule has 152 valence electrons. The zero-order chi connectivity index (χ0) is 21.0. The van der Waals surface area contributed by atoms with Gasteiger partial charge >= 0.3 is 16.8 Å². The van der Waals surface area contributed by atoms with Crippen molar-refractivity contribution in [3.8, 4) is 5.69 Å². The molecule has 6 nitrogen and oxygen atoms in total. The Balaban J connectivity index is 1.65. The molecule has 3 rings (SSSR count). The van der Waals surface area contributed by atoms with Crippen molar-refractivity contribution in [1.29, 1.82) is 0 Å². The SMILES string of the molecule is O=C(CCSc1c(=O)o[nH][n+]1-c1ccccc1)Nc1ccc(Cl)cc1C(F)(F)F. The molecule has 0 saturated heterocycles. The van der Waals surface area contributed by atoms with Gasteiger partial charge in [0, 0.05) is 29.3 Å². The molecule has 2 aromatic carbocycles. The number of carbonyl (C=O) groups is 1. The van der Waals surface area contributed by atoms with E-state index in [0.29, 0.717) is 5.69 Å². The summed E-state index contributed by atoms with van der Waals surface area (Å²) in [5.41, 5.74) is -1.37. The number of H-pyrrole nitrogens is 1. The van der Waals surface area contributed by atoms with E-state index in [1.807, 2.05) is 6.07 Å². The normalized spacial score (nSPS) is 11.4. The summed E-state index contributed by atoms with van der Waals surface area (Å²) in [6.45, 7) is 0. The van der Waals surface area contributed by atoms with Crippen molar-refractivity contribution < 1.29 is 27.2 Å². The molecule has 0 aliphatic carbocycles. The van der Waals surface area contributed by atoms with E-state index in [-0.39, 0.29) is 27.9 Å². The minimum Gasteiger partial charge on any atom is -0.325 e. The molecule has 0 unspecified atom stereocenters. The van der Waals surface area contributed by atoms with Crippen LogP contribution in [0.25, 0.3) is 5.69 Å². The molecule has 0 radical (unpaired) electrons. The first-order chi connectivity index (χ1) is 13.8. The fourth-order valence-electron chi connectivity index (χ4n) is 2.45. The number of aromatic nitrogens is 2. The Morgan fingerprint density at radius 2 is 1.93 bits per heavy atom. The summed E-state index contributed by atoms with van der Waals surface area (Å²) in [6, 6.07) is 12.0. The lowest BCUT2D eigenvalue weighted by Crippen LogP contribution is -2.36. The predicted octanol–water partition coefficient (Wildman–Crippen LogP) is 4.04. The molecular weight excluding hydrogens is 431 g/mol. The number of hydrogen-bond donors (Lipinski definition) is 2. The summed E-state index contributed by atoms with van der Waals surface area (Å²) in [7, 11) is 0. The molecule has 0 spiro atoms. The van der Waals surface area contributed by atoms with Gasteiger partial charge < -0.3 is 5.32 Å². The number of carbonyl (C=O) groups excluding carboxylic acids is 1. The third-order valence-electron chi connectivity index (χ3n) is 3.75. The number of benzene rings is 2. The van der Waals surface area contributed by atoms with Gasteiger partial charge in [0.1, 0.15) is 0 Å². The van der Waals surface area contributed by atoms with Gasteiger partial charge in [0.15, 0.2) is 0 Å². The lowest BCUT2D eigenvalue weighted by molar-refractivity contribution is -0.704. The number of amides is 1. The predicted molar refractivity (Wildman–Crippen MR) is 101 cm³/mol. The van der Waals surface area contributed by atoms with Crippen molar-refractivity contribution in [3.05, 3.63) is 69.5 Å². The van der Waals surface area contributed by atoms with Gasteiger partial charge in [0.05, 0.1) is 11.3 Å². The van der Waals surface area contributed by atoms with E-state index in [1.165, 1.54) is 10.7 Å². The summed E-state index contributed by atoms with van der Waals surface area (Å²) < 4.78 is 45.5. The molecule has 3 aromatic rings. The first-order valence-electron chi connectivity index (χ1n) is 8.24. The lowest BCUT2D eigenvalue weighted by Gasteiger charge is -2.14. The maximum atomic E-state index is 13.1. The molecule has 0 atom stereocenters. The highest BCUT2D eigenvalue weighted by Crippen LogP contribution is 2.36. The molecular formula is C18H14ClF3N3O3S+. The van der Waals surface area contributed by atoms with Crippen LogP contribution in [0, 0.1) is 0 Å². The third-order valence-corrected chi connectivity index (χ3v) is 5.02. The summed E-state index contributed by atoms with van der Waals surface area (Å²) in [6.07, 6.45) is -4.78. The van der Waals surface area contributed by atoms with Crippen molar-refractivity contribution in [1.82, 2.24) is 5.27 Å². The first-order valence-corrected chi connectivity index (χ1v) is 9.60. The summed E-state index contributed by atoms with van der Waals surface area (Å²) in [4.78, 5) is 24.0. The van der Waals surface area contributed by atoms with Crippen molar-refractivity contribution in [2.24, 2.45) is 0 Å². The van der Waals surface area contributed by atoms with Gasteiger partial charge in [-0.05, 0) is 39.9 Å². The summed E-state index contributed by atoms with van der Waals surface area (Å²) >= 11 is 6.67. The largest absolute Gasteiger partial charge is 0.442 e. The Kier molecular flexibility index (Phi) is 6.33. The second kappa shape index (κ2) is 8.75. The monoisotopic (exact) mass is 444 g/mol. The zero-order valence-electron chi connectivity index (χ0n) is 14.6. The number of halogens is 4. The Hall–Kier alpha value is -2.72. The molecule has 0 aliphatic rings. The molecule has 2 N–H and O–H groups in total. The Labute approximate surface area is 171 Å². The van der Waals surface area contributed by atoms with Crippen molar-refractivity contribution in [2.45, 2.75) is 17.6 Å². The number of nitrogens with zero attached hydrogens (tertiary/aromatic N) is 1. The number of anilines is 1. The molecule has 29 heavy (non-hydrogen) atoms. The van der Waals surface area contributed by atoms with Crippen LogP contribution in [0.2, 0.25) is 5.02 Å². The van der Waals surface area contributed by atoms with E-state index < -0.39 is 23.3 Å². The zero-order valence-corrected chi connectivity index (χ0v) is 16.2. The van der Waals surface area contributed by atoms with Crippen LogP contribution in [0.15, 0.2) is 62.9 Å². The highest BCUT2D eigenvalue weighted by Gasteiger charge is 2.34. The number of nitrogens with one attached hydrogen (secondary N) is 2. The minimum absolute atomic E-state index is 0.0875. The Morgan fingerprint density at radius 1 is 1.21 bits per heavy atom. The average molecular weight is 445 g/mol. The second-order valence-corrected chi connectivity index (χ2v) is 7.31. The van der Waals surface area contributed by atoms with Crippen molar-refractivity contribution in [3.63, 3.8) is 0 Å². The van der Waals surface area contributed by atoms with Crippen LogP contribution in [-0.4, -0.2) is 16.9 Å². The standard InChI is InChI=1S/C18H13ClF3N3O3S/c19-11-6-7-14(13(10-11)18(20,21)22)23-15(26)8-9-29-16-17(27)28-24-25(16)12-4-2-1-3-5-12/h1-7,10H,8-9H2,(H-,23,24,26,27)/p+1. The molecule has 1 amide bonds. The van der Waals surface area contributed by atoms with E-state index in [2.05, 4.69) is 10.6 Å². The van der Waals surface area contributed by atoms with Gasteiger partial charge in [0.25, 0.3) is 0 Å². The first kappa shape index (κ1) is 21.0. The van der Waals surface area contributed by atoms with Gasteiger partial charge in [0.2, 0.25) is 11.6 Å². The van der Waals surface area contributed by atoms with Crippen LogP contribution in [0.5, 0.6) is 0 Å². The van der Waals surface area contributed by atoms with Gasteiger partial charge in [-0.2, -0.15) is 13.2 Å². The van der Waals surface area contributed by atoms with E-state index >= 15 is 0 Å². The number of aromatic amines is 1.